The molecule has 1 saturated heterocycles. The van der Waals surface area contributed by atoms with Gasteiger partial charge in [-0.05, 0) is 19.8 Å². The second-order valence-corrected chi connectivity index (χ2v) is 4.91. The minimum atomic E-state index is -2.12. The van der Waals surface area contributed by atoms with Crippen molar-refractivity contribution in [2.24, 2.45) is 5.50 Å². The van der Waals surface area contributed by atoms with E-state index in [2.05, 4.69) is 10.5 Å². The van der Waals surface area contributed by atoms with Crippen LogP contribution in [0.2, 0.25) is 0 Å². The Morgan fingerprint density at radius 2 is 2.10 bits per heavy atom. The van der Waals surface area contributed by atoms with Crippen molar-refractivity contribution in [1.82, 2.24) is 9.55 Å². The van der Waals surface area contributed by atoms with Crippen molar-refractivity contribution >= 4 is 8.53 Å². The molecule has 2 rings (SSSR count). The molecule has 1 aliphatic rings. The minimum absolute atomic E-state index is 0.0480. The van der Waals surface area contributed by atoms with Crippen molar-refractivity contribution < 1.29 is 19.6 Å². The monoisotopic (exact) mass is 307 g/mol. The first-order valence-electron chi connectivity index (χ1n) is 5.86. The van der Waals surface area contributed by atoms with Gasteiger partial charge in [-0.15, -0.1) is 0 Å². The average molecular weight is 307 g/mol. The fourth-order valence-corrected chi connectivity index (χ4v) is 1.83. The highest BCUT2D eigenvalue weighted by Gasteiger charge is 2.26. The van der Waals surface area contributed by atoms with Crippen molar-refractivity contribution in [3.8, 4) is 0 Å². The van der Waals surface area contributed by atoms with Crippen molar-refractivity contribution in [1.29, 1.82) is 0 Å². The second-order valence-electron chi connectivity index (χ2n) is 4.27. The Bertz CT molecular complexity index is 540. The van der Waals surface area contributed by atoms with E-state index >= 15 is 0 Å². The molecule has 0 radical (unpaired) electrons. The molecule has 0 unspecified atom stereocenters. The quantitative estimate of drug-likeness (QED) is 0.425. The fraction of sp³-hybridized carbons (Fsp3) is 0.600. The zero-order valence-electron chi connectivity index (χ0n) is 10.9. The summed E-state index contributed by atoms with van der Waals surface area (Å²) in [5, 5.41) is 8.93. The lowest BCUT2D eigenvalue weighted by Crippen LogP contribution is -2.33. The molecule has 1 aromatic heterocycles. The summed E-state index contributed by atoms with van der Waals surface area (Å²) in [6.45, 7) is 1.58. The molecule has 0 aromatic carbocycles. The van der Waals surface area contributed by atoms with E-state index in [1.54, 1.807) is 6.92 Å². The standard InChI is InChI=1S/C10H14N2O4.H4NO2P/c1-6-4-12(10(15)11-9(6)14)8-3-2-7(5-13)16-8;1-4(2)3/h4,7-8,13H,2-3,5H2,1H3,(H,11,14,15);2-3H,1H2/t7-,8+;/m0./s1. The van der Waals surface area contributed by atoms with Gasteiger partial charge in [0, 0.05) is 11.8 Å². The number of aromatic amines is 1. The number of rotatable bonds is 2. The first-order chi connectivity index (χ1) is 9.35. The number of nitrogens with zero attached hydrogens (tertiary/aromatic N) is 1. The van der Waals surface area contributed by atoms with Crippen LogP contribution in [0, 0.1) is 6.92 Å². The first-order valence-corrected chi connectivity index (χ1v) is 7.17. The number of aromatic nitrogens is 2. The molecule has 9 nitrogen and oxygen atoms in total. The number of nitrogens with one attached hydrogen (secondary N) is 1. The van der Waals surface area contributed by atoms with Crippen LogP contribution in [-0.2, 0) is 4.74 Å². The van der Waals surface area contributed by atoms with Gasteiger partial charge in [-0.3, -0.25) is 19.8 Å². The van der Waals surface area contributed by atoms with E-state index in [0.29, 0.717) is 18.4 Å². The Hall–Kier alpha value is -1.09. The van der Waals surface area contributed by atoms with Gasteiger partial charge < -0.3 is 19.6 Å². The van der Waals surface area contributed by atoms with Crippen molar-refractivity contribution in [3.63, 3.8) is 0 Å². The molecule has 2 atom stereocenters. The summed E-state index contributed by atoms with van der Waals surface area (Å²) in [6.07, 6.45) is 2.26. The van der Waals surface area contributed by atoms with E-state index < -0.39 is 14.2 Å². The van der Waals surface area contributed by atoms with Gasteiger partial charge in [0.15, 0.2) is 0 Å². The van der Waals surface area contributed by atoms with Crippen LogP contribution in [0.5, 0.6) is 0 Å². The van der Waals surface area contributed by atoms with Crippen LogP contribution in [0.4, 0.5) is 0 Å². The van der Waals surface area contributed by atoms with Crippen LogP contribution >= 0.6 is 8.53 Å². The summed E-state index contributed by atoms with van der Waals surface area (Å²) in [5.41, 5.74) is 3.91. The zero-order chi connectivity index (χ0) is 15.3. The maximum Gasteiger partial charge on any atom is 0.330 e. The first kappa shape index (κ1) is 17.0. The van der Waals surface area contributed by atoms with Gasteiger partial charge in [-0.2, -0.15) is 0 Å². The van der Waals surface area contributed by atoms with E-state index in [1.165, 1.54) is 10.8 Å². The van der Waals surface area contributed by atoms with Crippen LogP contribution in [0.1, 0.15) is 24.6 Å². The Morgan fingerprint density at radius 1 is 1.50 bits per heavy atom. The molecule has 2 heterocycles. The summed E-state index contributed by atoms with van der Waals surface area (Å²) < 4.78 is 6.83. The summed E-state index contributed by atoms with van der Waals surface area (Å²) >= 11 is 0. The van der Waals surface area contributed by atoms with Crippen LogP contribution in [0.3, 0.4) is 0 Å². The Balaban J connectivity index is 0.000000444. The third-order valence-electron chi connectivity index (χ3n) is 2.74. The Labute approximate surface area is 115 Å². The Kier molecular flexibility index (Phi) is 6.47. The summed E-state index contributed by atoms with van der Waals surface area (Å²) in [5.74, 6) is 0. The van der Waals surface area contributed by atoms with Gasteiger partial charge in [-0.25, -0.2) is 4.79 Å². The van der Waals surface area contributed by atoms with Gasteiger partial charge in [0.25, 0.3) is 5.56 Å². The summed E-state index contributed by atoms with van der Waals surface area (Å²) in [7, 11) is -2.12. The maximum atomic E-state index is 11.5. The molecule has 10 heteroatoms. The largest absolute Gasteiger partial charge is 0.394 e. The van der Waals surface area contributed by atoms with Crippen molar-refractivity contribution in [2.45, 2.75) is 32.1 Å². The molecular weight excluding hydrogens is 289 g/mol. The molecule has 0 aliphatic carbocycles. The predicted molar refractivity (Wildman–Crippen MR) is 71.8 cm³/mol. The van der Waals surface area contributed by atoms with E-state index in [0.717, 1.165) is 0 Å². The molecule has 114 valence electrons. The number of nitrogens with two attached hydrogens (primary N) is 1. The molecule has 0 amide bonds. The van der Waals surface area contributed by atoms with Crippen LogP contribution in [-0.4, -0.2) is 37.2 Å². The van der Waals surface area contributed by atoms with Gasteiger partial charge in [-0.1, -0.05) is 0 Å². The van der Waals surface area contributed by atoms with Gasteiger partial charge in [0.1, 0.15) is 6.23 Å². The van der Waals surface area contributed by atoms with Gasteiger partial charge >= 0.3 is 5.69 Å². The summed E-state index contributed by atoms with van der Waals surface area (Å²) in [6, 6.07) is 0. The van der Waals surface area contributed by atoms with Crippen LogP contribution < -0.4 is 16.8 Å². The Morgan fingerprint density at radius 3 is 2.60 bits per heavy atom. The zero-order valence-corrected chi connectivity index (χ0v) is 11.8. The third-order valence-corrected chi connectivity index (χ3v) is 2.74. The molecule has 20 heavy (non-hydrogen) atoms. The molecule has 0 bridgehead atoms. The van der Waals surface area contributed by atoms with Crippen LogP contribution in [0.15, 0.2) is 15.8 Å². The topological polar surface area (TPSA) is 151 Å². The molecule has 1 aliphatic heterocycles. The minimum Gasteiger partial charge on any atom is -0.394 e. The average Bonchev–Trinajstić information content (AvgIpc) is 2.81. The third kappa shape index (κ3) is 4.78. The highest BCUT2D eigenvalue weighted by Crippen LogP contribution is 2.26. The van der Waals surface area contributed by atoms with Gasteiger partial charge in [0.2, 0.25) is 8.53 Å². The van der Waals surface area contributed by atoms with Crippen LogP contribution in [0.25, 0.3) is 0 Å². The van der Waals surface area contributed by atoms with E-state index in [1.807, 2.05) is 0 Å². The van der Waals surface area contributed by atoms with E-state index in [4.69, 9.17) is 19.6 Å². The number of hydrogen-bond acceptors (Lipinski definition) is 7. The highest BCUT2D eigenvalue weighted by molar-refractivity contribution is 7.42. The normalized spacial score (nSPS) is 21.7. The summed E-state index contributed by atoms with van der Waals surface area (Å²) in [4.78, 5) is 39.9. The number of aryl methyl sites for hydroxylation is 1. The molecular formula is C10H18N3O6P. The van der Waals surface area contributed by atoms with Crippen molar-refractivity contribution in [2.75, 3.05) is 6.61 Å². The lowest BCUT2D eigenvalue weighted by Gasteiger charge is -2.14. The number of aliphatic hydroxyl groups excluding tert-OH is 1. The SMILES string of the molecule is Cc1cn([C@H]2CC[C@@H](CO)O2)c(=O)[nH]c1=O.NP(O)O. The second kappa shape index (κ2) is 7.63. The number of aliphatic hydroxyl groups is 1. The lowest BCUT2D eigenvalue weighted by atomic mass is 10.2. The fourth-order valence-electron chi connectivity index (χ4n) is 1.83. The number of ether oxygens (including phenoxy) is 1. The predicted octanol–water partition coefficient (Wildman–Crippen LogP) is -1.33. The van der Waals surface area contributed by atoms with E-state index in [-0.39, 0.29) is 24.5 Å². The smallest absolute Gasteiger partial charge is 0.330 e. The molecule has 1 fully saturated rings. The van der Waals surface area contributed by atoms with Crippen molar-refractivity contribution in [3.05, 3.63) is 32.6 Å². The van der Waals surface area contributed by atoms with E-state index in [9.17, 15) is 9.59 Å². The number of hydrogen-bond donors (Lipinski definition) is 5. The van der Waals surface area contributed by atoms with Gasteiger partial charge in [0.05, 0.1) is 12.7 Å². The number of H-pyrrole nitrogens is 1. The lowest BCUT2D eigenvalue weighted by molar-refractivity contribution is -0.0247. The maximum absolute atomic E-state index is 11.5. The molecule has 6 N–H and O–H groups in total. The molecule has 0 spiro atoms. The highest BCUT2D eigenvalue weighted by atomic mass is 31.2. The molecule has 1 aromatic rings. The molecule has 0 saturated carbocycles.